The molecule has 1 aromatic heterocycles. The Morgan fingerprint density at radius 3 is 2.61 bits per heavy atom. The molecule has 3 nitrogen and oxygen atoms in total. The molecular formula is C15H18N2O. The first-order valence-electron chi connectivity index (χ1n) is 6.07. The van der Waals surface area contributed by atoms with E-state index in [1.807, 2.05) is 38.2 Å². The molecule has 1 heterocycles. The Bertz CT molecular complexity index is 511. The van der Waals surface area contributed by atoms with Gasteiger partial charge in [-0.3, -0.25) is 4.98 Å². The van der Waals surface area contributed by atoms with Gasteiger partial charge in [0.05, 0.1) is 5.69 Å². The van der Waals surface area contributed by atoms with Crippen molar-refractivity contribution in [2.75, 3.05) is 7.05 Å². The minimum atomic E-state index is 0.574. The van der Waals surface area contributed by atoms with E-state index in [4.69, 9.17) is 4.74 Å². The highest BCUT2D eigenvalue weighted by Gasteiger charge is 2.03. The largest absolute Gasteiger partial charge is 0.487 e. The quantitative estimate of drug-likeness (QED) is 0.875. The molecule has 0 radical (unpaired) electrons. The fourth-order valence-electron chi connectivity index (χ4n) is 1.84. The molecule has 0 fully saturated rings. The monoisotopic (exact) mass is 242 g/mol. The number of hydrogen-bond donors (Lipinski definition) is 1. The van der Waals surface area contributed by atoms with E-state index < -0.39 is 0 Å². The first kappa shape index (κ1) is 12.6. The van der Waals surface area contributed by atoms with Crippen LogP contribution in [-0.4, -0.2) is 12.0 Å². The fourth-order valence-corrected chi connectivity index (χ4v) is 1.84. The number of hydrogen-bond acceptors (Lipinski definition) is 3. The Hall–Kier alpha value is -1.87. The number of aromatic nitrogens is 1. The van der Waals surface area contributed by atoms with E-state index >= 15 is 0 Å². The fraction of sp³-hybridized carbons (Fsp3) is 0.267. The average molecular weight is 242 g/mol. The summed E-state index contributed by atoms with van der Waals surface area (Å²) in [6.45, 7) is 3.38. The van der Waals surface area contributed by atoms with Crippen molar-refractivity contribution in [3.8, 4) is 5.75 Å². The van der Waals surface area contributed by atoms with Crippen molar-refractivity contribution in [1.82, 2.24) is 10.3 Å². The van der Waals surface area contributed by atoms with E-state index in [-0.39, 0.29) is 0 Å². The predicted octanol–water partition coefficient (Wildman–Crippen LogP) is 2.69. The standard InChI is InChI=1S/C15H18N2O/c1-12-15(8-5-9-17-12)18-11-14-7-4-3-6-13(14)10-16-2/h3-9,16H,10-11H2,1-2H3. The van der Waals surface area contributed by atoms with E-state index in [1.165, 1.54) is 11.1 Å². The van der Waals surface area contributed by atoms with Crippen molar-refractivity contribution in [3.63, 3.8) is 0 Å². The molecule has 0 unspecified atom stereocenters. The number of benzene rings is 1. The second-order valence-corrected chi connectivity index (χ2v) is 4.17. The molecular weight excluding hydrogens is 224 g/mol. The van der Waals surface area contributed by atoms with Crippen LogP contribution in [0.5, 0.6) is 5.75 Å². The van der Waals surface area contributed by atoms with Crippen LogP contribution in [0.4, 0.5) is 0 Å². The van der Waals surface area contributed by atoms with Crippen LogP contribution in [-0.2, 0) is 13.2 Å². The Labute approximate surface area is 108 Å². The van der Waals surface area contributed by atoms with Crippen LogP contribution in [0.2, 0.25) is 0 Å². The lowest BCUT2D eigenvalue weighted by molar-refractivity contribution is 0.301. The molecule has 0 spiro atoms. The molecule has 94 valence electrons. The van der Waals surface area contributed by atoms with Gasteiger partial charge in [-0.2, -0.15) is 0 Å². The van der Waals surface area contributed by atoms with E-state index in [0.717, 1.165) is 18.0 Å². The summed E-state index contributed by atoms with van der Waals surface area (Å²) in [7, 11) is 1.95. The summed E-state index contributed by atoms with van der Waals surface area (Å²) >= 11 is 0. The van der Waals surface area contributed by atoms with Gasteiger partial charge in [0.15, 0.2) is 0 Å². The highest BCUT2D eigenvalue weighted by molar-refractivity contribution is 5.29. The number of nitrogens with zero attached hydrogens (tertiary/aromatic N) is 1. The molecule has 1 aromatic carbocycles. The minimum Gasteiger partial charge on any atom is -0.487 e. The van der Waals surface area contributed by atoms with E-state index in [2.05, 4.69) is 22.4 Å². The van der Waals surface area contributed by atoms with Crippen LogP contribution in [0.3, 0.4) is 0 Å². The summed E-state index contributed by atoms with van der Waals surface area (Å²) in [5, 5.41) is 3.17. The van der Waals surface area contributed by atoms with Crippen LogP contribution in [0.15, 0.2) is 42.6 Å². The van der Waals surface area contributed by atoms with Gasteiger partial charge < -0.3 is 10.1 Å². The lowest BCUT2D eigenvalue weighted by atomic mass is 10.1. The second-order valence-electron chi connectivity index (χ2n) is 4.17. The maximum Gasteiger partial charge on any atom is 0.141 e. The SMILES string of the molecule is CNCc1ccccc1COc1cccnc1C. The van der Waals surface area contributed by atoms with Gasteiger partial charge in [0.1, 0.15) is 12.4 Å². The molecule has 2 rings (SSSR count). The zero-order chi connectivity index (χ0) is 12.8. The Morgan fingerprint density at radius 1 is 1.11 bits per heavy atom. The van der Waals surface area contributed by atoms with Gasteiger partial charge in [0.2, 0.25) is 0 Å². The van der Waals surface area contributed by atoms with Crippen molar-refractivity contribution in [2.24, 2.45) is 0 Å². The summed E-state index contributed by atoms with van der Waals surface area (Å²) in [5.41, 5.74) is 3.39. The molecule has 0 aliphatic heterocycles. The van der Waals surface area contributed by atoms with Gasteiger partial charge in [-0.15, -0.1) is 0 Å². The predicted molar refractivity (Wildman–Crippen MR) is 72.5 cm³/mol. The van der Waals surface area contributed by atoms with Crippen molar-refractivity contribution >= 4 is 0 Å². The third-order valence-corrected chi connectivity index (χ3v) is 2.83. The zero-order valence-corrected chi connectivity index (χ0v) is 10.8. The highest BCUT2D eigenvalue weighted by atomic mass is 16.5. The third kappa shape index (κ3) is 3.08. The summed E-state index contributed by atoms with van der Waals surface area (Å²) in [5.74, 6) is 0.844. The van der Waals surface area contributed by atoms with Gasteiger partial charge in [-0.1, -0.05) is 24.3 Å². The van der Waals surface area contributed by atoms with Gasteiger partial charge >= 0.3 is 0 Å². The van der Waals surface area contributed by atoms with E-state index in [0.29, 0.717) is 6.61 Å². The Kier molecular flexibility index (Phi) is 4.31. The van der Waals surface area contributed by atoms with Crippen LogP contribution < -0.4 is 10.1 Å². The minimum absolute atomic E-state index is 0.574. The average Bonchev–Trinajstić information content (AvgIpc) is 2.40. The molecule has 0 aliphatic rings. The normalized spacial score (nSPS) is 10.3. The number of aryl methyl sites for hydroxylation is 1. The summed E-state index contributed by atoms with van der Waals surface area (Å²) in [4.78, 5) is 4.21. The topological polar surface area (TPSA) is 34.1 Å². The number of rotatable bonds is 5. The Balaban J connectivity index is 2.08. The molecule has 18 heavy (non-hydrogen) atoms. The van der Waals surface area contributed by atoms with Gasteiger partial charge in [0.25, 0.3) is 0 Å². The summed E-state index contributed by atoms with van der Waals surface area (Å²) in [6, 6.07) is 12.1. The maximum absolute atomic E-state index is 5.82. The van der Waals surface area contributed by atoms with Crippen LogP contribution >= 0.6 is 0 Å². The molecule has 0 amide bonds. The zero-order valence-electron chi connectivity index (χ0n) is 10.8. The van der Waals surface area contributed by atoms with Crippen molar-refractivity contribution in [2.45, 2.75) is 20.1 Å². The molecule has 2 aromatic rings. The van der Waals surface area contributed by atoms with Crippen molar-refractivity contribution in [1.29, 1.82) is 0 Å². The smallest absolute Gasteiger partial charge is 0.141 e. The molecule has 3 heteroatoms. The highest BCUT2D eigenvalue weighted by Crippen LogP contribution is 2.17. The molecule has 0 bridgehead atoms. The van der Waals surface area contributed by atoms with Crippen molar-refractivity contribution < 1.29 is 4.74 Å². The van der Waals surface area contributed by atoms with Crippen LogP contribution in [0.25, 0.3) is 0 Å². The maximum atomic E-state index is 5.82. The first-order valence-corrected chi connectivity index (χ1v) is 6.07. The van der Waals surface area contributed by atoms with Crippen molar-refractivity contribution in [3.05, 3.63) is 59.4 Å². The lowest BCUT2D eigenvalue weighted by Crippen LogP contribution is -2.09. The first-order chi connectivity index (χ1) is 8.81. The van der Waals surface area contributed by atoms with Crippen LogP contribution in [0.1, 0.15) is 16.8 Å². The number of ether oxygens (including phenoxy) is 1. The summed E-state index contributed by atoms with van der Waals surface area (Å²) in [6.07, 6.45) is 1.77. The van der Waals surface area contributed by atoms with E-state index in [1.54, 1.807) is 6.20 Å². The lowest BCUT2D eigenvalue weighted by Gasteiger charge is -2.11. The molecule has 1 N–H and O–H groups in total. The third-order valence-electron chi connectivity index (χ3n) is 2.83. The van der Waals surface area contributed by atoms with Gasteiger partial charge in [-0.05, 0) is 37.2 Å². The molecule has 0 saturated carbocycles. The van der Waals surface area contributed by atoms with Gasteiger partial charge in [-0.25, -0.2) is 0 Å². The second kappa shape index (κ2) is 6.17. The molecule has 0 aliphatic carbocycles. The van der Waals surface area contributed by atoms with Gasteiger partial charge in [0, 0.05) is 12.7 Å². The van der Waals surface area contributed by atoms with E-state index in [9.17, 15) is 0 Å². The number of nitrogens with one attached hydrogen (secondary N) is 1. The molecule has 0 saturated heterocycles. The van der Waals surface area contributed by atoms with Crippen LogP contribution in [0, 0.1) is 6.92 Å². The summed E-state index contributed by atoms with van der Waals surface area (Å²) < 4.78 is 5.82. The Morgan fingerprint density at radius 2 is 1.89 bits per heavy atom. The molecule has 0 atom stereocenters. The number of pyridine rings is 1.